The third-order valence-electron chi connectivity index (χ3n) is 2.17. The van der Waals surface area contributed by atoms with Crippen molar-refractivity contribution in [2.24, 2.45) is 0 Å². The van der Waals surface area contributed by atoms with Gasteiger partial charge in [0.25, 0.3) is 0 Å². The summed E-state index contributed by atoms with van der Waals surface area (Å²) in [6, 6.07) is 9.80. The fourth-order valence-electron chi connectivity index (χ4n) is 1.36. The first-order chi connectivity index (χ1) is 8.25. The summed E-state index contributed by atoms with van der Waals surface area (Å²) in [6.45, 7) is 0.667. The van der Waals surface area contributed by atoms with E-state index in [1.807, 2.05) is 30.3 Å². The maximum atomic E-state index is 11.4. The van der Waals surface area contributed by atoms with Crippen molar-refractivity contribution < 1.29 is 4.74 Å². The molecule has 1 aromatic heterocycles. The third kappa shape index (κ3) is 3.51. The van der Waals surface area contributed by atoms with Gasteiger partial charge in [0.05, 0.1) is 11.1 Å². The predicted octanol–water partition coefficient (Wildman–Crippen LogP) is 2.18. The maximum absolute atomic E-state index is 11.4. The molecule has 1 aromatic carbocycles. The molecule has 0 amide bonds. The lowest BCUT2D eigenvalue weighted by molar-refractivity contribution is 0.0607. The first kappa shape index (κ1) is 12.0. The maximum Gasteiger partial charge on any atom is 0.349 e. The average molecular weight is 295 g/mol. The Morgan fingerprint density at radius 3 is 2.82 bits per heavy atom. The molecule has 0 fully saturated rings. The first-order valence-corrected chi connectivity index (χ1v) is 5.88. The zero-order valence-electron chi connectivity index (χ0n) is 9.04. The molecule has 0 N–H and O–H groups in total. The van der Waals surface area contributed by atoms with Crippen molar-refractivity contribution in [3.63, 3.8) is 0 Å². The van der Waals surface area contributed by atoms with Crippen molar-refractivity contribution in [3.8, 4) is 0 Å². The van der Waals surface area contributed by atoms with Crippen molar-refractivity contribution >= 4 is 15.9 Å². The highest BCUT2D eigenvalue weighted by Gasteiger charge is 1.98. The van der Waals surface area contributed by atoms with Crippen LogP contribution in [-0.2, 0) is 18.1 Å². The van der Waals surface area contributed by atoms with Gasteiger partial charge in [-0.15, -0.1) is 0 Å². The Bertz CT molecular complexity index is 540. The van der Waals surface area contributed by atoms with Gasteiger partial charge in [0.2, 0.25) is 0 Å². The summed E-state index contributed by atoms with van der Waals surface area (Å²) in [4.78, 5) is 15.0. The molecule has 0 saturated carbocycles. The van der Waals surface area contributed by atoms with E-state index in [-0.39, 0.29) is 12.4 Å². The highest BCUT2D eigenvalue weighted by Crippen LogP contribution is 2.04. The summed E-state index contributed by atoms with van der Waals surface area (Å²) in [5.74, 6) is 0. The Hall–Kier alpha value is -1.46. The Morgan fingerprint density at radius 1 is 1.29 bits per heavy atom. The lowest BCUT2D eigenvalue weighted by atomic mass is 10.2. The lowest BCUT2D eigenvalue weighted by Gasteiger charge is -2.06. The van der Waals surface area contributed by atoms with Gasteiger partial charge < -0.3 is 4.74 Å². The minimum atomic E-state index is -0.318. The summed E-state index contributed by atoms with van der Waals surface area (Å²) in [7, 11) is 0. The molecule has 5 heteroatoms. The number of hydrogen-bond donors (Lipinski definition) is 0. The molecule has 0 saturated heterocycles. The van der Waals surface area contributed by atoms with E-state index in [1.165, 1.54) is 10.8 Å². The van der Waals surface area contributed by atoms with Gasteiger partial charge in [-0.05, 0) is 21.5 Å². The molecule has 1 heterocycles. The zero-order chi connectivity index (χ0) is 12.1. The smallest absolute Gasteiger partial charge is 0.349 e. The molecule has 2 rings (SSSR count). The number of aromatic nitrogens is 2. The van der Waals surface area contributed by atoms with Crippen LogP contribution in [0.25, 0.3) is 0 Å². The predicted molar refractivity (Wildman–Crippen MR) is 67.4 cm³/mol. The standard InChI is InChI=1S/C12H11BrN2O2/c13-11-6-14-12(16)15(7-11)9-17-8-10-4-2-1-3-5-10/h1-7H,8-9H2. The summed E-state index contributed by atoms with van der Waals surface area (Å²) in [6.07, 6.45) is 3.12. The van der Waals surface area contributed by atoms with Crippen molar-refractivity contribution in [2.75, 3.05) is 0 Å². The van der Waals surface area contributed by atoms with Gasteiger partial charge >= 0.3 is 5.69 Å². The van der Waals surface area contributed by atoms with Crippen LogP contribution in [0.15, 0.2) is 52.0 Å². The number of rotatable bonds is 4. The van der Waals surface area contributed by atoms with Crippen LogP contribution in [0, 0.1) is 0 Å². The van der Waals surface area contributed by atoms with Crippen LogP contribution in [0.2, 0.25) is 0 Å². The molecular weight excluding hydrogens is 284 g/mol. The van der Waals surface area contributed by atoms with Crippen molar-refractivity contribution in [2.45, 2.75) is 13.3 Å². The second-order valence-electron chi connectivity index (χ2n) is 3.49. The molecule has 0 unspecified atom stereocenters. The quantitative estimate of drug-likeness (QED) is 0.868. The van der Waals surface area contributed by atoms with E-state index in [2.05, 4.69) is 20.9 Å². The highest BCUT2D eigenvalue weighted by molar-refractivity contribution is 9.10. The normalized spacial score (nSPS) is 10.4. The van der Waals surface area contributed by atoms with Crippen LogP contribution in [0.1, 0.15) is 5.56 Å². The fourth-order valence-corrected chi connectivity index (χ4v) is 1.71. The van der Waals surface area contributed by atoms with Crippen molar-refractivity contribution in [1.29, 1.82) is 0 Å². The van der Waals surface area contributed by atoms with E-state index in [0.717, 1.165) is 10.0 Å². The Morgan fingerprint density at radius 2 is 2.06 bits per heavy atom. The Kier molecular flexibility index (Phi) is 4.06. The lowest BCUT2D eigenvalue weighted by Crippen LogP contribution is -2.23. The van der Waals surface area contributed by atoms with E-state index in [0.29, 0.717) is 6.61 Å². The van der Waals surface area contributed by atoms with Gasteiger partial charge in [-0.2, -0.15) is 0 Å². The summed E-state index contributed by atoms with van der Waals surface area (Å²) in [5, 5.41) is 0. The third-order valence-corrected chi connectivity index (χ3v) is 2.57. The van der Waals surface area contributed by atoms with Gasteiger partial charge in [-0.3, -0.25) is 4.57 Å². The Balaban J connectivity index is 1.94. The number of ether oxygens (including phenoxy) is 1. The average Bonchev–Trinajstić information content (AvgIpc) is 2.35. The molecule has 0 spiro atoms. The van der Waals surface area contributed by atoms with Gasteiger partial charge in [0.1, 0.15) is 6.73 Å². The number of hydrogen-bond acceptors (Lipinski definition) is 3. The van der Waals surface area contributed by atoms with Crippen LogP contribution in [0.5, 0.6) is 0 Å². The molecular formula is C12H11BrN2O2. The largest absolute Gasteiger partial charge is 0.356 e. The molecule has 0 aliphatic carbocycles. The number of benzene rings is 1. The summed E-state index contributed by atoms with van der Waals surface area (Å²) in [5.41, 5.74) is 0.754. The zero-order valence-corrected chi connectivity index (χ0v) is 10.6. The van der Waals surface area contributed by atoms with E-state index < -0.39 is 0 Å². The van der Waals surface area contributed by atoms with E-state index in [4.69, 9.17) is 4.74 Å². The fraction of sp³-hybridized carbons (Fsp3) is 0.167. The molecule has 2 aromatic rings. The Labute approximate surface area is 107 Å². The minimum Gasteiger partial charge on any atom is -0.356 e. The first-order valence-electron chi connectivity index (χ1n) is 5.09. The molecule has 4 nitrogen and oxygen atoms in total. The van der Waals surface area contributed by atoms with Crippen molar-refractivity contribution in [1.82, 2.24) is 9.55 Å². The number of halogens is 1. The van der Waals surface area contributed by atoms with Gasteiger partial charge in [0, 0.05) is 12.4 Å². The SMILES string of the molecule is O=c1ncc(Br)cn1COCc1ccccc1. The van der Waals surface area contributed by atoms with E-state index in [1.54, 1.807) is 6.20 Å². The van der Waals surface area contributed by atoms with E-state index >= 15 is 0 Å². The molecule has 0 bridgehead atoms. The molecule has 88 valence electrons. The van der Waals surface area contributed by atoms with Crippen LogP contribution in [0.3, 0.4) is 0 Å². The second-order valence-corrected chi connectivity index (χ2v) is 4.40. The molecule has 0 radical (unpaired) electrons. The van der Waals surface area contributed by atoms with Gasteiger partial charge in [-0.1, -0.05) is 30.3 Å². The summed E-state index contributed by atoms with van der Waals surface area (Å²) >= 11 is 3.26. The summed E-state index contributed by atoms with van der Waals surface area (Å²) < 4.78 is 7.60. The topological polar surface area (TPSA) is 44.1 Å². The van der Waals surface area contributed by atoms with Crippen LogP contribution in [-0.4, -0.2) is 9.55 Å². The van der Waals surface area contributed by atoms with Gasteiger partial charge in [-0.25, -0.2) is 9.78 Å². The monoisotopic (exact) mass is 294 g/mol. The molecule has 0 aliphatic rings. The second kappa shape index (κ2) is 5.75. The molecule has 17 heavy (non-hydrogen) atoms. The molecule has 0 aliphatic heterocycles. The minimum absolute atomic E-state index is 0.195. The van der Waals surface area contributed by atoms with Crippen molar-refractivity contribution in [3.05, 3.63) is 63.2 Å². The number of nitrogens with zero attached hydrogens (tertiary/aromatic N) is 2. The van der Waals surface area contributed by atoms with Crippen LogP contribution >= 0.6 is 15.9 Å². The van der Waals surface area contributed by atoms with Crippen LogP contribution < -0.4 is 5.69 Å². The molecule has 0 atom stereocenters. The highest BCUT2D eigenvalue weighted by atomic mass is 79.9. The van der Waals surface area contributed by atoms with E-state index in [9.17, 15) is 4.79 Å². The van der Waals surface area contributed by atoms with Gasteiger partial charge in [0.15, 0.2) is 0 Å². The van der Waals surface area contributed by atoms with Crippen LogP contribution in [0.4, 0.5) is 0 Å².